The summed E-state index contributed by atoms with van der Waals surface area (Å²) in [6, 6.07) is 0. The standard InChI is InChI=1S/C12H18BF2NO4/c1-4-9(2)12(10(3)17)11(19-13(14,15)20-12)16-5-7-18-8-6-16/h4,9H,1,5-8H2,2-3H3/t9-,12+/m1/s1. The topological polar surface area (TPSA) is 47.8 Å². The van der Waals surface area contributed by atoms with Gasteiger partial charge in [-0.15, -0.1) is 6.58 Å². The summed E-state index contributed by atoms with van der Waals surface area (Å²) in [7, 11) is -4.51. The molecule has 2 rings (SSSR count). The minimum absolute atomic E-state index is 0.120. The highest BCUT2D eigenvalue weighted by atomic mass is 19.3. The minimum atomic E-state index is -4.51. The molecule has 2 saturated heterocycles. The third kappa shape index (κ3) is 2.38. The van der Waals surface area contributed by atoms with Crippen LogP contribution in [0.1, 0.15) is 13.8 Å². The number of ketones is 1. The summed E-state index contributed by atoms with van der Waals surface area (Å²) in [6.07, 6.45) is 1.42. The van der Waals surface area contributed by atoms with Gasteiger partial charge in [-0.1, -0.05) is 13.0 Å². The SMILES string of the molecule is C=C[C@@H](C)[C@@]1(C(C)=O)O[B-](F)(F)OC1=[N+]1CCOCC1. The largest absolute Gasteiger partial charge is 0.668 e. The molecule has 0 N–H and O–H groups in total. The fraction of sp³-hybridized carbons (Fsp3) is 0.667. The van der Waals surface area contributed by atoms with Crippen LogP contribution in [-0.2, 0) is 18.8 Å². The van der Waals surface area contributed by atoms with Crippen LogP contribution in [0.3, 0.4) is 0 Å². The number of morpholine rings is 1. The molecular formula is C12H18BF2NO4. The molecule has 112 valence electrons. The van der Waals surface area contributed by atoms with E-state index in [4.69, 9.17) is 14.0 Å². The molecule has 20 heavy (non-hydrogen) atoms. The van der Waals surface area contributed by atoms with Crippen LogP contribution in [0, 0.1) is 5.92 Å². The first-order valence-corrected chi connectivity index (χ1v) is 6.56. The third-order valence-corrected chi connectivity index (χ3v) is 3.71. The first kappa shape index (κ1) is 15.1. The maximum Gasteiger partial charge on any atom is 0.668 e. The molecule has 0 unspecified atom stereocenters. The average molecular weight is 289 g/mol. The number of ether oxygens (including phenoxy) is 1. The van der Waals surface area contributed by atoms with E-state index in [1.54, 1.807) is 11.5 Å². The molecule has 2 fully saturated rings. The Morgan fingerprint density at radius 3 is 2.60 bits per heavy atom. The number of carbonyl (C=O) groups is 1. The lowest BCUT2D eigenvalue weighted by atomic mass is 9.84. The molecule has 0 bridgehead atoms. The molecule has 2 heterocycles. The molecular weight excluding hydrogens is 271 g/mol. The fourth-order valence-electron chi connectivity index (χ4n) is 2.61. The summed E-state index contributed by atoms with van der Waals surface area (Å²) < 4.78 is 43.6. The number of Topliss-reactive ketones (excluding diaryl/α,β-unsaturated/α-hetero) is 1. The van der Waals surface area contributed by atoms with Crippen LogP contribution in [0.25, 0.3) is 0 Å². The van der Waals surface area contributed by atoms with Crippen LogP contribution in [0.5, 0.6) is 0 Å². The second-order valence-corrected chi connectivity index (χ2v) is 4.99. The van der Waals surface area contributed by atoms with Crippen molar-refractivity contribution >= 4 is 18.8 Å². The van der Waals surface area contributed by atoms with Gasteiger partial charge in [0, 0.05) is 5.92 Å². The maximum atomic E-state index is 13.7. The highest BCUT2D eigenvalue weighted by Crippen LogP contribution is 2.39. The predicted molar refractivity (Wildman–Crippen MR) is 68.7 cm³/mol. The van der Waals surface area contributed by atoms with E-state index in [0.29, 0.717) is 26.3 Å². The zero-order chi connectivity index (χ0) is 15.0. The predicted octanol–water partition coefficient (Wildman–Crippen LogP) is 0.999. The van der Waals surface area contributed by atoms with E-state index < -0.39 is 24.4 Å². The Morgan fingerprint density at radius 1 is 1.50 bits per heavy atom. The molecule has 8 heteroatoms. The Bertz CT molecular complexity index is 460. The summed E-state index contributed by atoms with van der Waals surface area (Å²) >= 11 is 0. The lowest BCUT2D eigenvalue weighted by Gasteiger charge is -2.31. The van der Waals surface area contributed by atoms with Crippen molar-refractivity contribution in [2.24, 2.45) is 5.92 Å². The van der Waals surface area contributed by atoms with Gasteiger partial charge in [0.15, 0.2) is 18.9 Å². The second-order valence-electron chi connectivity index (χ2n) is 4.99. The molecule has 0 amide bonds. The van der Waals surface area contributed by atoms with Crippen molar-refractivity contribution in [3.05, 3.63) is 12.7 Å². The van der Waals surface area contributed by atoms with Crippen molar-refractivity contribution in [2.45, 2.75) is 19.4 Å². The molecule has 0 saturated carbocycles. The van der Waals surface area contributed by atoms with Crippen molar-refractivity contribution in [3.63, 3.8) is 0 Å². The summed E-state index contributed by atoms with van der Waals surface area (Å²) in [4.78, 5) is 12.1. The van der Waals surface area contributed by atoms with Gasteiger partial charge in [-0.2, -0.15) is 4.58 Å². The summed E-state index contributed by atoms with van der Waals surface area (Å²) in [5, 5.41) is 0. The number of hydrogen-bond donors (Lipinski definition) is 0. The van der Waals surface area contributed by atoms with Gasteiger partial charge in [-0.3, -0.25) is 4.79 Å². The number of halogens is 2. The van der Waals surface area contributed by atoms with E-state index in [2.05, 4.69) is 6.58 Å². The number of carbonyl (C=O) groups excluding carboxylic acids is 1. The van der Waals surface area contributed by atoms with Crippen LogP contribution in [0.15, 0.2) is 12.7 Å². The highest BCUT2D eigenvalue weighted by molar-refractivity contribution is 6.57. The van der Waals surface area contributed by atoms with Gasteiger partial charge in [0.25, 0.3) is 0 Å². The maximum absolute atomic E-state index is 13.7. The highest BCUT2D eigenvalue weighted by Gasteiger charge is 2.63. The lowest BCUT2D eigenvalue weighted by molar-refractivity contribution is -0.557. The Labute approximate surface area is 116 Å². The van der Waals surface area contributed by atoms with Crippen molar-refractivity contribution in [1.29, 1.82) is 0 Å². The Hall–Kier alpha value is -1.28. The smallest absolute Gasteiger partial charge is 0.591 e. The van der Waals surface area contributed by atoms with E-state index in [1.807, 2.05) is 0 Å². The summed E-state index contributed by atoms with van der Waals surface area (Å²) in [5.41, 5.74) is -1.80. The normalized spacial score (nSPS) is 30.8. The van der Waals surface area contributed by atoms with E-state index in [-0.39, 0.29) is 5.90 Å². The Balaban J connectivity index is 2.55. The van der Waals surface area contributed by atoms with Crippen LogP contribution in [-0.4, -0.2) is 55.3 Å². The molecule has 0 spiro atoms. The van der Waals surface area contributed by atoms with Gasteiger partial charge >= 0.3 is 13.0 Å². The van der Waals surface area contributed by atoms with Crippen molar-refractivity contribution < 1.29 is 32.0 Å². The van der Waals surface area contributed by atoms with E-state index in [9.17, 15) is 13.4 Å². The second kappa shape index (κ2) is 5.25. The van der Waals surface area contributed by atoms with Crippen molar-refractivity contribution in [1.82, 2.24) is 0 Å². The molecule has 2 atom stereocenters. The molecule has 0 aromatic heterocycles. The Morgan fingerprint density at radius 2 is 2.10 bits per heavy atom. The van der Waals surface area contributed by atoms with Gasteiger partial charge in [-0.05, 0) is 6.92 Å². The average Bonchev–Trinajstić information content (AvgIpc) is 2.72. The van der Waals surface area contributed by atoms with Gasteiger partial charge in [0.2, 0.25) is 5.60 Å². The first-order valence-electron chi connectivity index (χ1n) is 6.56. The lowest BCUT2D eigenvalue weighted by Crippen LogP contribution is -2.53. The summed E-state index contributed by atoms with van der Waals surface area (Å²) in [5.74, 6) is -1.27. The molecule has 0 radical (unpaired) electrons. The molecule has 2 aliphatic rings. The van der Waals surface area contributed by atoms with Crippen LogP contribution in [0.4, 0.5) is 8.63 Å². The van der Waals surface area contributed by atoms with Gasteiger partial charge in [-0.25, -0.2) is 0 Å². The van der Waals surface area contributed by atoms with E-state index in [1.165, 1.54) is 13.0 Å². The monoisotopic (exact) mass is 289 g/mol. The van der Waals surface area contributed by atoms with E-state index in [0.717, 1.165) is 0 Å². The van der Waals surface area contributed by atoms with Crippen molar-refractivity contribution in [2.75, 3.05) is 26.3 Å². The fourth-order valence-corrected chi connectivity index (χ4v) is 2.61. The first-order chi connectivity index (χ1) is 9.33. The number of hydrogen-bond acceptors (Lipinski definition) is 4. The van der Waals surface area contributed by atoms with Crippen LogP contribution >= 0.6 is 0 Å². The summed E-state index contributed by atoms with van der Waals surface area (Å²) in [6.45, 7) is 7.95. The Kier molecular flexibility index (Phi) is 3.97. The molecule has 0 aliphatic carbocycles. The zero-order valence-corrected chi connectivity index (χ0v) is 11.6. The van der Waals surface area contributed by atoms with Crippen LogP contribution < -0.4 is 0 Å². The van der Waals surface area contributed by atoms with Crippen LogP contribution in [0.2, 0.25) is 0 Å². The molecule has 2 aliphatic heterocycles. The van der Waals surface area contributed by atoms with Crippen molar-refractivity contribution in [3.8, 4) is 0 Å². The third-order valence-electron chi connectivity index (χ3n) is 3.71. The number of rotatable bonds is 3. The number of nitrogens with zero attached hydrogens (tertiary/aromatic N) is 1. The molecule has 0 aromatic carbocycles. The molecule has 0 aromatic rings. The minimum Gasteiger partial charge on any atom is -0.591 e. The van der Waals surface area contributed by atoms with Gasteiger partial charge in [0.05, 0.1) is 0 Å². The quantitative estimate of drug-likeness (QED) is 0.442. The van der Waals surface area contributed by atoms with E-state index >= 15 is 0 Å². The van der Waals surface area contributed by atoms with Gasteiger partial charge < -0.3 is 22.7 Å². The van der Waals surface area contributed by atoms with Gasteiger partial charge in [0.1, 0.15) is 13.2 Å². The molecule has 5 nitrogen and oxygen atoms in total. The zero-order valence-electron chi connectivity index (χ0n) is 11.6.